The predicted octanol–water partition coefficient (Wildman–Crippen LogP) is 2.84. The summed E-state index contributed by atoms with van der Waals surface area (Å²) in [5.74, 6) is 0.863. The Bertz CT molecular complexity index is 868. The van der Waals surface area contributed by atoms with Crippen LogP contribution in [0.25, 0.3) is 5.69 Å². The summed E-state index contributed by atoms with van der Waals surface area (Å²) in [6, 6.07) is 8.31. The third-order valence-electron chi connectivity index (χ3n) is 4.54. The van der Waals surface area contributed by atoms with E-state index in [9.17, 15) is 0 Å². The van der Waals surface area contributed by atoms with Crippen molar-refractivity contribution < 1.29 is 0 Å². The maximum absolute atomic E-state index is 4.55. The zero-order valence-corrected chi connectivity index (χ0v) is 14.1. The van der Waals surface area contributed by atoms with Crippen molar-refractivity contribution in [3.8, 4) is 5.69 Å². The maximum Gasteiger partial charge on any atom is 0.125 e. The Kier molecular flexibility index (Phi) is 3.86. The molecular formula is C19H21N5. The normalized spacial score (nSPS) is 14.6. The molecule has 0 spiro atoms. The van der Waals surface area contributed by atoms with E-state index in [0.717, 1.165) is 37.6 Å². The molecule has 1 aromatic carbocycles. The van der Waals surface area contributed by atoms with Crippen molar-refractivity contribution in [2.75, 3.05) is 6.54 Å². The molecule has 0 radical (unpaired) electrons. The Morgan fingerprint density at radius 2 is 2.00 bits per heavy atom. The summed E-state index contributed by atoms with van der Waals surface area (Å²) in [6.07, 6.45) is 7.06. The minimum absolute atomic E-state index is 0.863. The van der Waals surface area contributed by atoms with Gasteiger partial charge in [0.1, 0.15) is 5.82 Å². The number of para-hydroxylation sites is 1. The number of benzene rings is 1. The molecule has 0 amide bonds. The van der Waals surface area contributed by atoms with Gasteiger partial charge in [-0.05, 0) is 25.5 Å². The van der Waals surface area contributed by atoms with Crippen molar-refractivity contribution >= 4 is 0 Å². The Morgan fingerprint density at radius 3 is 2.88 bits per heavy atom. The Morgan fingerprint density at radius 1 is 1.12 bits per heavy atom. The smallest absolute Gasteiger partial charge is 0.125 e. The van der Waals surface area contributed by atoms with Crippen molar-refractivity contribution in [1.29, 1.82) is 0 Å². The fourth-order valence-electron chi connectivity index (χ4n) is 3.26. The molecule has 0 aliphatic carbocycles. The van der Waals surface area contributed by atoms with Crippen molar-refractivity contribution in [3.05, 3.63) is 71.1 Å². The Balaban J connectivity index is 1.49. The summed E-state index contributed by atoms with van der Waals surface area (Å²) in [6.45, 7) is 6.90. The lowest BCUT2D eigenvalue weighted by Gasteiger charge is -2.27. The second-order valence-corrected chi connectivity index (χ2v) is 6.43. The van der Waals surface area contributed by atoms with Gasteiger partial charge in [0.2, 0.25) is 0 Å². The highest BCUT2D eigenvalue weighted by molar-refractivity contribution is 5.39. The number of aryl methyl sites for hydroxylation is 2. The second-order valence-electron chi connectivity index (χ2n) is 6.43. The minimum Gasteiger partial charge on any atom is -0.294 e. The number of hydrogen-bond donors (Lipinski definition) is 0. The molecule has 24 heavy (non-hydrogen) atoms. The van der Waals surface area contributed by atoms with Crippen molar-refractivity contribution in [1.82, 2.24) is 24.6 Å². The number of nitrogens with zero attached hydrogens (tertiary/aromatic N) is 5. The van der Waals surface area contributed by atoms with E-state index in [2.05, 4.69) is 51.3 Å². The van der Waals surface area contributed by atoms with E-state index in [4.69, 9.17) is 0 Å². The van der Waals surface area contributed by atoms with Gasteiger partial charge in [-0.25, -0.2) is 14.6 Å². The zero-order valence-electron chi connectivity index (χ0n) is 14.1. The molecule has 3 heterocycles. The first-order valence-electron chi connectivity index (χ1n) is 8.32. The lowest BCUT2D eigenvalue weighted by atomic mass is 10.1. The van der Waals surface area contributed by atoms with Crippen LogP contribution in [0.4, 0.5) is 0 Å². The topological polar surface area (TPSA) is 46.8 Å². The van der Waals surface area contributed by atoms with Gasteiger partial charge in [-0.2, -0.15) is 5.10 Å². The lowest BCUT2D eigenvalue weighted by molar-refractivity contribution is 0.242. The van der Waals surface area contributed by atoms with Gasteiger partial charge in [0.15, 0.2) is 0 Å². The van der Waals surface area contributed by atoms with Crippen LogP contribution in [0.2, 0.25) is 0 Å². The standard InChI is InChI=1S/C19H21N5/c1-14-5-3-4-6-19(14)24-12-16(9-21-24)11-23-8-7-18-17(13-23)10-20-15(2)22-18/h3-6,9-10,12H,7-8,11,13H2,1-2H3. The van der Waals surface area contributed by atoms with Gasteiger partial charge in [-0.1, -0.05) is 18.2 Å². The molecule has 1 aliphatic heterocycles. The SMILES string of the molecule is Cc1ncc2c(n1)CCN(Cc1cnn(-c3ccccc3C)c1)C2. The highest BCUT2D eigenvalue weighted by atomic mass is 15.3. The molecule has 1 aliphatic rings. The van der Waals surface area contributed by atoms with E-state index in [1.165, 1.54) is 22.4 Å². The summed E-state index contributed by atoms with van der Waals surface area (Å²) in [7, 11) is 0. The molecule has 0 fully saturated rings. The maximum atomic E-state index is 4.55. The first-order chi connectivity index (χ1) is 11.7. The molecule has 0 saturated carbocycles. The van der Waals surface area contributed by atoms with Crippen LogP contribution in [-0.4, -0.2) is 31.2 Å². The molecule has 5 heteroatoms. The van der Waals surface area contributed by atoms with Crippen molar-refractivity contribution in [3.63, 3.8) is 0 Å². The van der Waals surface area contributed by atoms with Gasteiger partial charge < -0.3 is 0 Å². The van der Waals surface area contributed by atoms with Crippen LogP contribution in [0.3, 0.4) is 0 Å². The summed E-state index contributed by atoms with van der Waals surface area (Å²) in [5, 5.41) is 4.53. The van der Waals surface area contributed by atoms with E-state index >= 15 is 0 Å². The molecule has 2 aromatic heterocycles. The molecule has 0 atom stereocenters. The van der Waals surface area contributed by atoms with E-state index in [-0.39, 0.29) is 0 Å². The lowest BCUT2D eigenvalue weighted by Crippen LogP contribution is -2.30. The molecule has 0 bridgehead atoms. The second kappa shape index (κ2) is 6.17. The Hall–Kier alpha value is -2.53. The van der Waals surface area contributed by atoms with Gasteiger partial charge in [-0.15, -0.1) is 0 Å². The van der Waals surface area contributed by atoms with Crippen LogP contribution >= 0.6 is 0 Å². The van der Waals surface area contributed by atoms with Crippen LogP contribution in [0.1, 0.15) is 28.2 Å². The van der Waals surface area contributed by atoms with Crippen molar-refractivity contribution in [2.24, 2.45) is 0 Å². The third kappa shape index (κ3) is 2.95. The van der Waals surface area contributed by atoms with Crippen LogP contribution in [0.15, 0.2) is 42.9 Å². The summed E-state index contributed by atoms with van der Waals surface area (Å²) in [5.41, 5.74) is 6.05. The van der Waals surface area contributed by atoms with Crippen LogP contribution in [0, 0.1) is 13.8 Å². The number of aromatic nitrogens is 4. The molecule has 3 aromatic rings. The summed E-state index contributed by atoms with van der Waals surface area (Å²) < 4.78 is 1.97. The summed E-state index contributed by atoms with van der Waals surface area (Å²) in [4.78, 5) is 11.3. The molecule has 4 rings (SSSR count). The Labute approximate surface area is 142 Å². The molecule has 0 N–H and O–H groups in total. The van der Waals surface area contributed by atoms with Gasteiger partial charge in [0.25, 0.3) is 0 Å². The van der Waals surface area contributed by atoms with Crippen LogP contribution in [0.5, 0.6) is 0 Å². The zero-order chi connectivity index (χ0) is 16.5. The van der Waals surface area contributed by atoms with E-state index in [1.807, 2.05) is 30.1 Å². The molecule has 0 unspecified atom stereocenters. The van der Waals surface area contributed by atoms with Gasteiger partial charge >= 0.3 is 0 Å². The van der Waals surface area contributed by atoms with Crippen molar-refractivity contribution in [2.45, 2.75) is 33.4 Å². The van der Waals surface area contributed by atoms with E-state index in [0.29, 0.717) is 0 Å². The molecule has 5 nitrogen and oxygen atoms in total. The van der Waals surface area contributed by atoms with Gasteiger partial charge in [0.05, 0.1) is 11.9 Å². The predicted molar refractivity (Wildman–Crippen MR) is 92.9 cm³/mol. The fraction of sp³-hybridized carbons (Fsp3) is 0.316. The average Bonchev–Trinajstić information content (AvgIpc) is 3.04. The van der Waals surface area contributed by atoms with Gasteiger partial charge in [-0.3, -0.25) is 4.90 Å². The first kappa shape index (κ1) is 15.0. The largest absolute Gasteiger partial charge is 0.294 e. The number of hydrogen-bond acceptors (Lipinski definition) is 4. The highest BCUT2D eigenvalue weighted by Crippen LogP contribution is 2.19. The first-order valence-corrected chi connectivity index (χ1v) is 8.32. The molecular weight excluding hydrogens is 298 g/mol. The van der Waals surface area contributed by atoms with Crippen LogP contribution in [-0.2, 0) is 19.5 Å². The average molecular weight is 319 g/mol. The molecule has 122 valence electrons. The summed E-state index contributed by atoms with van der Waals surface area (Å²) >= 11 is 0. The number of rotatable bonds is 3. The van der Waals surface area contributed by atoms with E-state index < -0.39 is 0 Å². The quantitative estimate of drug-likeness (QED) is 0.745. The van der Waals surface area contributed by atoms with Gasteiger partial charge in [0, 0.05) is 55.3 Å². The third-order valence-corrected chi connectivity index (χ3v) is 4.54. The fourth-order valence-corrected chi connectivity index (χ4v) is 3.26. The number of fused-ring (bicyclic) bond motifs is 1. The monoisotopic (exact) mass is 319 g/mol. The molecule has 0 saturated heterocycles. The van der Waals surface area contributed by atoms with E-state index in [1.54, 1.807) is 0 Å². The highest BCUT2D eigenvalue weighted by Gasteiger charge is 2.18. The van der Waals surface area contributed by atoms with Crippen LogP contribution < -0.4 is 0 Å². The minimum atomic E-state index is 0.863.